The molecule has 80 valence electrons. The fourth-order valence-corrected chi connectivity index (χ4v) is 1.11. The molecule has 1 rings (SSSR count). The maximum atomic E-state index is 10.9. The van der Waals surface area contributed by atoms with E-state index in [4.69, 9.17) is 0 Å². The Bertz CT molecular complexity index is 333. The molecule has 0 saturated carbocycles. The van der Waals surface area contributed by atoms with Crippen LogP contribution in [0.15, 0.2) is 36.4 Å². The van der Waals surface area contributed by atoms with Crippen molar-refractivity contribution in [2.45, 2.75) is 13.0 Å². The SMILES string of the molecule is COC(=O)NC(C)/C=C/c1ccccc1. The Morgan fingerprint density at radius 2 is 2.07 bits per heavy atom. The molecule has 1 amide bonds. The summed E-state index contributed by atoms with van der Waals surface area (Å²) in [4.78, 5) is 10.9. The second-order valence-corrected chi connectivity index (χ2v) is 3.19. The molecule has 0 heterocycles. The van der Waals surface area contributed by atoms with Crippen LogP contribution in [0.2, 0.25) is 0 Å². The highest BCUT2D eigenvalue weighted by Gasteiger charge is 2.01. The number of nitrogens with one attached hydrogen (secondary N) is 1. The predicted molar refractivity (Wildman–Crippen MR) is 60.5 cm³/mol. The Balaban J connectivity index is 2.47. The molecule has 0 bridgehead atoms. The number of alkyl carbamates (subject to hydrolysis) is 1. The van der Waals surface area contributed by atoms with E-state index in [0.717, 1.165) is 5.56 Å². The molecule has 1 unspecified atom stereocenters. The summed E-state index contributed by atoms with van der Waals surface area (Å²) in [5, 5.41) is 2.65. The smallest absolute Gasteiger partial charge is 0.407 e. The van der Waals surface area contributed by atoms with Crippen LogP contribution in [0.3, 0.4) is 0 Å². The van der Waals surface area contributed by atoms with Gasteiger partial charge in [-0.2, -0.15) is 0 Å². The van der Waals surface area contributed by atoms with Gasteiger partial charge in [0.1, 0.15) is 0 Å². The maximum absolute atomic E-state index is 10.9. The van der Waals surface area contributed by atoms with E-state index in [0.29, 0.717) is 0 Å². The summed E-state index contributed by atoms with van der Waals surface area (Å²) in [5.74, 6) is 0. The second-order valence-electron chi connectivity index (χ2n) is 3.19. The fourth-order valence-electron chi connectivity index (χ4n) is 1.11. The summed E-state index contributed by atoms with van der Waals surface area (Å²) >= 11 is 0. The van der Waals surface area contributed by atoms with Gasteiger partial charge in [0.2, 0.25) is 0 Å². The van der Waals surface area contributed by atoms with Crippen molar-refractivity contribution in [2.75, 3.05) is 7.11 Å². The highest BCUT2D eigenvalue weighted by molar-refractivity contribution is 5.68. The Labute approximate surface area is 89.8 Å². The lowest BCUT2D eigenvalue weighted by atomic mass is 10.2. The van der Waals surface area contributed by atoms with Crippen LogP contribution in [-0.2, 0) is 4.74 Å². The van der Waals surface area contributed by atoms with Crippen LogP contribution in [-0.4, -0.2) is 19.2 Å². The third-order valence-corrected chi connectivity index (χ3v) is 1.91. The molecule has 0 aromatic heterocycles. The minimum Gasteiger partial charge on any atom is -0.453 e. The Hall–Kier alpha value is -1.77. The molecule has 0 aliphatic rings. The highest BCUT2D eigenvalue weighted by Crippen LogP contribution is 2.01. The number of benzene rings is 1. The van der Waals surface area contributed by atoms with E-state index < -0.39 is 6.09 Å². The zero-order valence-electron chi connectivity index (χ0n) is 8.94. The quantitative estimate of drug-likeness (QED) is 0.823. The molecule has 1 aromatic rings. The first-order valence-electron chi connectivity index (χ1n) is 4.80. The molecule has 1 atom stereocenters. The lowest BCUT2D eigenvalue weighted by Crippen LogP contribution is -2.30. The van der Waals surface area contributed by atoms with Gasteiger partial charge in [0, 0.05) is 6.04 Å². The molecule has 1 N–H and O–H groups in total. The summed E-state index contributed by atoms with van der Waals surface area (Å²) in [7, 11) is 1.35. The molecule has 0 aliphatic heterocycles. The first-order valence-corrected chi connectivity index (χ1v) is 4.80. The Morgan fingerprint density at radius 1 is 1.40 bits per heavy atom. The van der Waals surface area contributed by atoms with Crippen LogP contribution >= 0.6 is 0 Å². The zero-order valence-corrected chi connectivity index (χ0v) is 8.94. The minimum absolute atomic E-state index is 0.0438. The first-order chi connectivity index (χ1) is 7.22. The predicted octanol–water partition coefficient (Wildman–Crippen LogP) is 2.44. The van der Waals surface area contributed by atoms with Gasteiger partial charge >= 0.3 is 6.09 Å². The van der Waals surface area contributed by atoms with Crippen molar-refractivity contribution in [3.8, 4) is 0 Å². The minimum atomic E-state index is -0.416. The molecule has 0 aliphatic carbocycles. The summed E-state index contributed by atoms with van der Waals surface area (Å²) < 4.78 is 4.49. The standard InChI is InChI=1S/C12H15NO2/c1-10(13-12(14)15-2)8-9-11-6-4-3-5-7-11/h3-10H,1-2H3,(H,13,14)/b9-8+. The average molecular weight is 205 g/mol. The molecule has 3 heteroatoms. The normalized spacial score (nSPS) is 12.4. The number of methoxy groups -OCH3 is 1. The molecule has 0 radical (unpaired) electrons. The van der Waals surface area contributed by atoms with E-state index in [-0.39, 0.29) is 6.04 Å². The number of ether oxygens (including phenoxy) is 1. The number of rotatable bonds is 3. The topological polar surface area (TPSA) is 38.3 Å². The Morgan fingerprint density at radius 3 is 2.67 bits per heavy atom. The largest absolute Gasteiger partial charge is 0.453 e. The van der Waals surface area contributed by atoms with Crippen molar-refractivity contribution >= 4 is 12.2 Å². The lowest BCUT2D eigenvalue weighted by Gasteiger charge is -2.07. The lowest BCUT2D eigenvalue weighted by molar-refractivity contribution is 0.169. The molecular formula is C12H15NO2. The molecule has 0 spiro atoms. The zero-order chi connectivity index (χ0) is 11.1. The molecular weight excluding hydrogens is 190 g/mol. The summed E-state index contributed by atoms with van der Waals surface area (Å²) in [6, 6.07) is 9.87. The number of hydrogen-bond donors (Lipinski definition) is 1. The van der Waals surface area contributed by atoms with Crippen LogP contribution in [0, 0.1) is 0 Å². The van der Waals surface area contributed by atoms with Gasteiger partial charge in [-0.1, -0.05) is 42.5 Å². The fraction of sp³-hybridized carbons (Fsp3) is 0.250. The summed E-state index contributed by atoms with van der Waals surface area (Å²) in [6.07, 6.45) is 3.45. The molecule has 15 heavy (non-hydrogen) atoms. The third-order valence-electron chi connectivity index (χ3n) is 1.91. The van der Waals surface area contributed by atoms with Gasteiger partial charge in [-0.25, -0.2) is 4.79 Å². The highest BCUT2D eigenvalue weighted by atomic mass is 16.5. The van der Waals surface area contributed by atoms with Crippen LogP contribution in [0.1, 0.15) is 12.5 Å². The van der Waals surface area contributed by atoms with Crippen molar-refractivity contribution in [3.05, 3.63) is 42.0 Å². The van der Waals surface area contributed by atoms with Crippen LogP contribution in [0.25, 0.3) is 6.08 Å². The van der Waals surface area contributed by atoms with Crippen LogP contribution in [0.4, 0.5) is 4.79 Å². The maximum Gasteiger partial charge on any atom is 0.407 e. The van der Waals surface area contributed by atoms with E-state index in [1.807, 2.05) is 49.4 Å². The molecule has 0 fully saturated rings. The number of carbonyl (C=O) groups is 1. The Kier molecular flexibility index (Phi) is 4.41. The van der Waals surface area contributed by atoms with Gasteiger partial charge in [0.05, 0.1) is 7.11 Å². The van der Waals surface area contributed by atoms with E-state index >= 15 is 0 Å². The van der Waals surface area contributed by atoms with Gasteiger partial charge in [-0.05, 0) is 12.5 Å². The van der Waals surface area contributed by atoms with E-state index in [2.05, 4.69) is 10.1 Å². The average Bonchev–Trinajstić information content (AvgIpc) is 2.27. The monoisotopic (exact) mass is 205 g/mol. The van der Waals surface area contributed by atoms with Gasteiger partial charge < -0.3 is 10.1 Å². The van der Waals surface area contributed by atoms with Crippen molar-refractivity contribution < 1.29 is 9.53 Å². The van der Waals surface area contributed by atoms with Crippen molar-refractivity contribution in [2.24, 2.45) is 0 Å². The van der Waals surface area contributed by atoms with Gasteiger partial charge in [-0.15, -0.1) is 0 Å². The van der Waals surface area contributed by atoms with Crippen molar-refractivity contribution in [3.63, 3.8) is 0 Å². The summed E-state index contributed by atoms with van der Waals surface area (Å²) in [6.45, 7) is 1.89. The van der Waals surface area contributed by atoms with Gasteiger partial charge in [0.25, 0.3) is 0 Å². The third kappa shape index (κ3) is 4.31. The van der Waals surface area contributed by atoms with Gasteiger partial charge in [0.15, 0.2) is 0 Å². The van der Waals surface area contributed by atoms with Crippen LogP contribution in [0.5, 0.6) is 0 Å². The van der Waals surface area contributed by atoms with E-state index in [1.54, 1.807) is 0 Å². The molecule has 3 nitrogen and oxygen atoms in total. The first kappa shape index (κ1) is 11.3. The number of carbonyl (C=O) groups excluding carboxylic acids is 1. The van der Waals surface area contributed by atoms with E-state index in [9.17, 15) is 4.79 Å². The van der Waals surface area contributed by atoms with Crippen LogP contribution < -0.4 is 5.32 Å². The van der Waals surface area contributed by atoms with Crippen molar-refractivity contribution in [1.82, 2.24) is 5.32 Å². The summed E-state index contributed by atoms with van der Waals surface area (Å²) in [5.41, 5.74) is 1.11. The second kappa shape index (κ2) is 5.86. The number of amides is 1. The van der Waals surface area contributed by atoms with Crippen molar-refractivity contribution in [1.29, 1.82) is 0 Å². The molecule has 1 aromatic carbocycles. The number of hydrogen-bond acceptors (Lipinski definition) is 2. The molecule has 0 saturated heterocycles. The van der Waals surface area contributed by atoms with E-state index in [1.165, 1.54) is 7.11 Å². The van der Waals surface area contributed by atoms with Gasteiger partial charge in [-0.3, -0.25) is 0 Å².